The Bertz CT molecular complexity index is 1300. The van der Waals surface area contributed by atoms with Crippen molar-refractivity contribution in [2.75, 3.05) is 13.2 Å². The second-order valence-corrected chi connectivity index (χ2v) is 9.22. The number of nitrogens with zero attached hydrogens (tertiary/aromatic N) is 3. The van der Waals surface area contributed by atoms with Crippen LogP contribution in [0.1, 0.15) is 18.9 Å². The second kappa shape index (κ2) is 9.50. The Balaban J connectivity index is 1.47. The molecule has 4 aromatic rings. The van der Waals surface area contributed by atoms with Crippen molar-refractivity contribution in [3.8, 4) is 17.1 Å². The zero-order valence-corrected chi connectivity index (χ0v) is 19.0. The topological polar surface area (TPSA) is 86.1 Å². The fraction of sp³-hybridized carbons (Fsp3) is 0.250. The van der Waals surface area contributed by atoms with Gasteiger partial charge in [-0.1, -0.05) is 29.8 Å². The van der Waals surface area contributed by atoms with Gasteiger partial charge in [0.25, 0.3) is 0 Å². The first-order valence-electron chi connectivity index (χ1n) is 10.6. The van der Waals surface area contributed by atoms with Crippen LogP contribution in [0.3, 0.4) is 0 Å². The molecule has 0 spiro atoms. The van der Waals surface area contributed by atoms with E-state index in [2.05, 4.69) is 21.8 Å². The highest BCUT2D eigenvalue weighted by Crippen LogP contribution is 2.24. The molecule has 2 aromatic carbocycles. The molecule has 0 unspecified atom stereocenters. The van der Waals surface area contributed by atoms with Gasteiger partial charge >= 0.3 is 0 Å². The molecule has 0 radical (unpaired) electrons. The first-order valence-corrected chi connectivity index (χ1v) is 12.1. The Labute approximate surface area is 188 Å². The van der Waals surface area contributed by atoms with Crippen molar-refractivity contribution in [2.45, 2.75) is 31.7 Å². The lowest BCUT2D eigenvalue weighted by molar-refractivity contribution is 0.340. The van der Waals surface area contributed by atoms with E-state index in [1.807, 2.05) is 42.7 Å². The first kappa shape index (κ1) is 22.0. The van der Waals surface area contributed by atoms with Gasteiger partial charge in [0.15, 0.2) is 5.65 Å². The predicted molar refractivity (Wildman–Crippen MR) is 125 cm³/mol. The highest BCUT2D eigenvalue weighted by atomic mass is 32.2. The van der Waals surface area contributed by atoms with Crippen molar-refractivity contribution >= 4 is 21.2 Å². The molecule has 0 fully saturated rings. The molecule has 0 aliphatic carbocycles. The first-order chi connectivity index (χ1) is 15.5. The molecule has 32 heavy (non-hydrogen) atoms. The smallest absolute Gasteiger partial charge is 0.240 e. The molecule has 4 rings (SSSR count). The minimum absolute atomic E-state index is 0.219. The van der Waals surface area contributed by atoms with Gasteiger partial charge in [0.2, 0.25) is 10.0 Å². The van der Waals surface area contributed by atoms with E-state index in [4.69, 9.17) is 9.72 Å². The van der Waals surface area contributed by atoms with Gasteiger partial charge in [-0.15, -0.1) is 0 Å². The van der Waals surface area contributed by atoms with Gasteiger partial charge in [-0.05, 0) is 56.7 Å². The summed E-state index contributed by atoms with van der Waals surface area (Å²) in [6.07, 6.45) is 2.34. The monoisotopic (exact) mass is 450 g/mol. The molecule has 0 saturated heterocycles. The van der Waals surface area contributed by atoms with Gasteiger partial charge in [0, 0.05) is 24.8 Å². The van der Waals surface area contributed by atoms with Crippen molar-refractivity contribution in [3.05, 3.63) is 72.4 Å². The van der Waals surface area contributed by atoms with Crippen LogP contribution in [0, 0.1) is 6.92 Å². The third-order valence-corrected chi connectivity index (χ3v) is 6.59. The molecule has 166 valence electrons. The van der Waals surface area contributed by atoms with Crippen LogP contribution < -0.4 is 9.46 Å². The number of rotatable bonds is 9. The number of aryl methyl sites for hydroxylation is 2. The largest absolute Gasteiger partial charge is 0.494 e. The fourth-order valence-electron chi connectivity index (χ4n) is 3.50. The molecule has 1 N–H and O–H groups in total. The standard InChI is InChI=1S/C24H26N4O3S/c1-3-31-20-11-13-21(14-12-20)32(29,30)26-16-5-17-28-23(19-9-7-18(2)8-10-19)27-22-6-4-15-25-24(22)28/h4,6-15,26H,3,5,16-17H2,1-2H3. The minimum Gasteiger partial charge on any atom is -0.494 e. The van der Waals surface area contributed by atoms with Crippen molar-refractivity contribution in [1.29, 1.82) is 0 Å². The van der Waals surface area contributed by atoms with E-state index in [1.165, 1.54) is 5.56 Å². The molecule has 2 aromatic heterocycles. The normalized spacial score (nSPS) is 11.7. The number of aromatic nitrogens is 3. The Morgan fingerprint density at radius 3 is 2.50 bits per heavy atom. The van der Waals surface area contributed by atoms with Crippen molar-refractivity contribution < 1.29 is 13.2 Å². The summed E-state index contributed by atoms with van der Waals surface area (Å²) >= 11 is 0. The summed E-state index contributed by atoms with van der Waals surface area (Å²) in [6.45, 7) is 5.35. The number of hydrogen-bond acceptors (Lipinski definition) is 5. The summed E-state index contributed by atoms with van der Waals surface area (Å²) < 4.78 is 35.3. The average molecular weight is 451 g/mol. The minimum atomic E-state index is -3.59. The Hall–Kier alpha value is -3.23. The van der Waals surface area contributed by atoms with E-state index in [1.54, 1.807) is 30.5 Å². The van der Waals surface area contributed by atoms with Gasteiger partial charge in [0.05, 0.1) is 11.5 Å². The maximum absolute atomic E-state index is 12.6. The number of fused-ring (bicyclic) bond motifs is 1. The van der Waals surface area contributed by atoms with Crippen LogP contribution in [-0.2, 0) is 16.6 Å². The molecule has 2 heterocycles. The number of benzene rings is 2. The number of pyridine rings is 1. The van der Waals surface area contributed by atoms with Gasteiger partial charge in [0.1, 0.15) is 17.1 Å². The zero-order chi connectivity index (χ0) is 22.6. The number of sulfonamides is 1. The Morgan fingerprint density at radius 2 is 1.78 bits per heavy atom. The molecule has 7 nitrogen and oxygen atoms in total. The lowest BCUT2D eigenvalue weighted by Gasteiger charge is -2.11. The number of nitrogens with one attached hydrogen (secondary N) is 1. The molecule has 0 amide bonds. The van der Waals surface area contributed by atoms with Crippen LogP contribution in [0.5, 0.6) is 5.75 Å². The molecular weight excluding hydrogens is 424 g/mol. The third kappa shape index (κ3) is 4.81. The summed E-state index contributed by atoms with van der Waals surface area (Å²) in [5.41, 5.74) is 3.79. The summed E-state index contributed by atoms with van der Waals surface area (Å²) in [7, 11) is -3.59. The van der Waals surface area contributed by atoms with E-state index in [9.17, 15) is 8.42 Å². The van der Waals surface area contributed by atoms with Crippen LogP contribution in [0.4, 0.5) is 0 Å². The lowest BCUT2D eigenvalue weighted by Crippen LogP contribution is -2.25. The number of imidazole rings is 1. The van der Waals surface area contributed by atoms with Gasteiger partial charge in [-0.2, -0.15) is 0 Å². The molecule has 0 bridgehead atoms. The van der Waals surface area contributed by atoms with Crippen LogP contribution in [0.2, 0.25) is 0 Å². The quantitative estimate of drug-likeness (QED) is 0.387. The van der Waals surface area contributed by atoms with E-state index in [0.29, 0.717) is 31.9 Å². The van der Waals surface area contributed by atoms with Crippen LogP contribution in [-0.4, -0.2) is 36.1 Å². The van der Waals surface area contributed by atoms with E-state index in [-0.39, 0.29) is 4.90 Å². The average Bonchev–Trinajstić information content (AvgIpc) is 3.16. The van der Waals surface area contributed by atoms with Crippen molar-refractivity contribution in [1.82, 2.24) is 19.3 Å². The van der Waals surface area contributed by atoms with Gasteiger partial charge in [-0.25, -0.2) is 23.1 Å². The van der Waals surface area contributed by atoms with Gasteiger partial charge in [-0.3, -0.25) is 0 Å². The Kier molecular flexibility index (Phi) is 6.53. The molecule has 8 heteroatoms. The maximum Gasteiger partial charge on any atom is 0.240 e. The number of hydrogen-bond donors (Lipinski definition) is 1. The van der Waals surface area contributed by atoms with Crippen LogP contribution in [0.15, 0.2) is 71.8 Å². The number of ether oxygens (including phenoxy) is 1. The van der Waals surface area contributed by atoms with Gasteiger partial charge < -0.3 is 9.30 Å². The molecule has 0 atom stereocenters. The summed E-state index contributed by atoms with van der Waals surface area (Å²) in [5.74, 6) is 1.47. The predicted octanol–water partition coefficient (Wildman–Crippen LogP) is 4.17. The highest BCUT2D eigenvalue weighted by molar-refractivity contribution is 7.89. The zero-order valence-electron chi connectivity index (χ0n) is 18.2. The molecule has 0 aliphatic rings. The fourth-order valence-corrected chi connectivity index (χ4v) is 4.58. The Morgan fingerprint density at radius 1 is 1.03 bits per heavy atom. The van der Waals surface area contributed by atoms with Crippen LogP contribution in [0.25, 0.3) is 22.6 Å². The summed E-state index contributed by atoms with van der Waals surface area (Å²) in [5, 5.41) is 0. The maximum atomic E-state index is 12.6. The van der Waals surface area contributed by atoms with E-state index in [0.717, 1.165) is 22.6 Å². The van der Waals surface area contributed by atoms with Crippen molar-refractivity contribution in [2.24, 2.45) is 0 Å². The highest BCUT2D eigenvalue weighted by Gasteiger charge is 2.15. The van der Waals surface area contributed by atoms with E-state index < -0.39 is 10.0 Å². The molecule has 0 saturated carbocycles. The summed E-state index contributed by atoms with van der Waals surface area (Å²) in [4.78, 5) is 9.47. The molecule has 0 aliphatic heterocycles. The summed E-state index contributed by atoms with van der Waals surface area (Å²) in [6, 6.07) is 18.4. The van der Waals surface area contributed by atoms with Crippen molar-refractivity contribution in [3.63, 3.8) is 0 Å². The second-order valence-electron chi connectivity index (χ2n) is 7.45. The SMILES string of the molecule is CCOc1ccc(S(=O)(=O)NCCCn2c(-c3ccc(C)cc3)nc3cccnc32)cc1. The molecular formula is C24H26N4O3S. The lowest BCUT2D eigenvalue weighted by atomic mass is 10.1. The third-order valence-electron chi connectivity index (χ3n) is 5.11. The van der Waals surface area contributed by atoms with E-state index >= 15 is 0 Å². The van der Waals surface area contributed by atoms with Crippen LogP contribution >= 0.6 is 0 Å².